The van der Waals surface area contributed by atoms with E-state index in [1.165, 1.54) is 30.2 Å². The fraction of sp³-hybridized carbons (Fsp3) is 0.500. The predicted molar refractivity (Wildman–Crippen MR) is 76.0 cm³/mol. The SMILES string of the molecule is CNCc1oc2ccccc2c1COCCC1CC1. The number of nitrogens with one attached hydrogen (secondary N) is 1. The molecule has 1 aromatic carbocycles. The van der Waals surface area contributed by atoms with Gasteiger partial charge < -0.3 is 14.5 Å². The molecule has 0 radical (unpaired) electrons. The monoisotopic (exact) mass is 259 g/mol. The molecule has 2 aromatic rings. The molecule has 0 amide bonds. The molecule has 0 aliphatic heterocycles. The van der Waals surface area contributed by atoms with Crippen molar-refractivity contribution >= 4 is 11.0 Å². The number of rotatable bonds is 7. The van der Waals surface area contributed by atoms with Gasteiger partial charge in [0.1, 0.15) is 11.3 Å². The lowest BCUT2D eigenvalue weighted by Gasteiger charge is -2.05. The van der Waals surface area contributed by atoms with Gasteiger partial charge in [-0.2, -0.15) is 0 Å². The van der Waals surface area contributed by atoms with Crippen LogP contribution in [0.2, 0.25) is 0 Å². The minimum Gasteiger partial charge on any atom is -0.459 e. The molecule has 19 heavy (non-hydrogen) atoms. The van der Waals surface area contributed by atoms with E-state index in [4.69, 9.17) is 9.15 Å². The van der Waals surface area contributed by atoms with E-state index < -0.39 is 0 Å². The summed E-state index contributed by atoms with van der Waals surface area (Å²) >= 11 is 0. The molecule has 0 spiro atoms. The lowest BCUT2D eigenvalue weighted by Crippen LogP contribution is -2.07. The third-order valence-electron chi connectivity index (χ3n) is 3.73. The Kier molecular flexibility index (Phi) is 3.85. The van der Waals surface area contributed by atoms with Crippen LogP contribution in [-0.2, 0) is 17.9 Å². The van der Waals surface area contributed by atoms with Gasteiger partial charge in [-0.05, 0) is 25.5 Å². The second-order valence-corrected chi connectivity index (χ2v) is 5.31. The van der Waals surface area contributed by atoms with Gasteiger partial charge in [0.25, 0.3) is 0 Å². The number of hydrogen-bond donors (Lipinski definition) is 1. The number of para-hydroxylation sites is 1. The molecule has 1 aromatic heterocycles. The topological polar surface area (TPSA) is 34.4 Å². The zero-order valence-electron chi connectivity index (χ0n) is 11.4. The van der Waals surface area contributed by atoms with Crippen LogP contribution in [0.1, 0.15) is 30.6 Å². The van der Waals surface area contributed by atoms with Gasteiger partial charge in [0, 0.05) is 17.6 Å². The number of furan rings is 1. The van der Waals surface area contributed by atoms with Crippen LogP contribution in [0.5, 0.6) is 0 Å². The van der Waals surface area contributed by atoms with E-state index in [2.05, 4.69) is 17.4 Å². The molecule has 1 aliphatic rings. The number of hydrogen-bond acceptors (Lipinski definition) is 3. The molecular weight excluding hydrogens is 238 g/mol. The van der Waals surface area contributed by atoms with E-state index in [1.807, 2.05) is 19.2 Å². The third kappa shape index (κ3) is 2.99. The maximum absolute atomic E-state index is 5.89. The molecule has 1 fully saturated rings. The Hall–Kier alpha value is -1.32. The van der Waals surface area contributed by atoms with Gasteiger partial charge in [-0.3, -0.25) is 0 Å². The molecule has 0 bridgehead atoms. The van der Waals surface area contributed by atoms with Gasteiger partial charge in [0.2, 0.25) is 0 Å². The van der Waals surface area contributed by atoms with Gasteiger partial charge in [-0.1, -0.05) is 31.0 Å². The Balaban J connectivity index is 1.72. The minimum absolute atomic E-state index is 0.654. The van der Waals surface area contributed by atoms with E-state index in [9.17, 15) is 0 Å². The summed E-state index contributed by atoms with van der Waals surface area (Å²) < 4.78 is 11.7. The minimum atomic E-state index is 0.654. The summed E-state index contributed by atoms with van der Waals surface area (Å²) in [7, 11) is 1.94. The maximum Gasteiger partial charge on any atom is 0.134 e. The molecular formula is C16H21NO2. The number of benzene rings is 1. The summed E-state index contributed by atoms with van der Waals surface area (Å²) in [6.07, 6.45) is 3.99. The van der Waals surface area contributed by atoms with Crippen LogP contribution in [0.4, 0.5) is 0 Å². The fourth-order valence-electron chi connectivity index (χ4n) is 2.44. The molecule has 0 atom stereocenters. The van der Waals surface area contributed by atoms with Crippen molar-refractivity contribution in [3.8, 4) is 0 Å². The fourth-order valence-corrected chi connectivity index (χ4v) is 2.44. The van der Waals surface area contributed by atoms with Crippen LogP contribution in [0.15, 0.2) is 28.7 Å². The van der Waals surface area contributed by atoms with Gasteiger partial charge >= 0.3 is 0 Å². The van der Waals surface area contributed by atoms with Crippen LogP contribution in [0.3, 0.4) is 0 Å². The number of fused-ring (bicyclic) bond motifs is 1. The summed E-state index contributed by atoms with van der Waals surface area (Å²) in [5, 5.41) is 4.33. The van der Waals surface area contributed by atoms with E-state index in [-0.39, 0.29) is 0 Å². The molecule has 3 nitrogen and oxygen atoms in total. The summed E-state index contributed by atoms with van der Waals surface area (Å²) in [5.74, 6) is 1.92. The number of ether oxygens (including phenoxy) is 1. The highest BCUT2D eigenvalue weighted by Crippen LogP contribution is 2.32. The normalized spacial score (nSPS) is 15.2. The van der Waals surface area contributed by atoms with Gasteiger partial charge in [0.15, 0.2) is 0 Å². The molecule has 3 rings (SSSR count). The Morgan fingerprint density at radius 1 is 1.32 bits per heavy atom. The average molecular weight is 259 g/mol. The summed E-state index contributed by atoms with van der Waals surface area (Å²) in [4.78, 5) is 0. The molecule has 1 saturated carbocycles. The van der Waals surface area contributed by atoms with Crippen molar-refractivity contribution in [3.05, 3.63) is 35.6 Å². The van der Waals surface area contributed by atoms with Crippen molar-refractivity contribution in [3.63, 3.8) is 0 Å². The van der Waals surface area contributed by atoms with E-state index in [0.717, 1.165) is 30.4 Å². The van der Waals surface area contributed by atoms with Crippen molar-refractivity contribution in [2.75, 3.05) is 13.7 Å². The van der Waals surface area contributed by atoms with Crippen LogP contribution in [0.25, 0.3) is 11.0 Å². The zero-order chi connectivity index (χ0) is 13.1. The van der Waals surface area contributed by atoms with Crippen LogP contribution < -0.4 is 5.32 Å². The van der Waals surface area contributed by atoms with Gasteiger partial charge in [-0.15, -0.1) is 0 Å². The zero-order valence-corrected chi connectivity index (χ0v) is 11.4. The van der Waals surface area contributed by atoms with Crippen molar-refractivity contribution in [1.29, 1.82) is 0 Å². The summed E-state index contributed by atoms with van der Waals surface area (Å²) in [5.41, 5.74) is 2.15. The second-order valence-electron chi connectivity index (χ2n) is 5.31. The standard InChI is InChI=1S/C16H21NO2/c1-17-10-16-14(11-18-9-8-12-6-7-12)13-4-2-3-5-15(13)19-16/h2-5,12,17H,6-11H2,1H3. The molecule has 102 valence electrons. The first-order valence-corrected chi connectivity index (χ1v) is 7.10. The van der Waals surface area contributed by atoms with E-state index in [1.54, 1.807) is 0 Å². The van der Waals surface area contributed by atoms with Gasteiger partial charge in [-0.25, -0.2) is 0 Å². The summed E-state index contributed by atoms with van der Waals surface area (Å²) in [6.45, 7) is 2.26. The van der Waals surface area contributed by atoms with Crippen molar-refractivity contribution in [2.45, 2.75) is 32.4 Å². The van der Waals surface area contributed by atoms with Crippen LogP contribution in [0, 0.1) is 5.92 Å². The lowest BCUT2D eigenvalue weighted by atomic mass is 10.1. The Bertz CT molecular complexity index is 543. The first kappa shape index (κ1) is 12.7. The Morgan fingerprint density at radius 2 is 2.16 bits per heavy atom. The summed E-state index contributed by atoms with van der Waals surface area (Å²) in [6, 6.07) is 8.18. The van der Waals surface area contributed by atoms with Crippen LogP contribution in [-0.4, -0.2) is 13.7 Å². The highest BCUT2D eigenvalue weighted by Gasteiger charge is 2.20. The molecule has 0 unspecified atom stereocenters. The van der Waals surface area contributed by atoms with Crippen molar-refractivity contribution in [2.24, 2.45) is 5.92 Å². The molecule has 0 saturated heterocycles. The molecule has 1 heterocycles. The smallest absolute Gasteiger partial charge is 0.134 e. The van der Waals surface area contributed by atoms with Crippen LogP contribution >= 0.6 is 0 Å². The van der Waals surface area contributed by atoms with E-state index in [0.29, 0.717) is 6.61 Å². The van der Waals surface area contributed by atoms with E-state index >= 15 is 0 Å². The first-order valence-electron chi connectivity index (χ1n) is 7.10. The first-order chi connectivity index (χ1) is 9.38. The lowest BCUT2D eigenvalue weighted by molar-refractivity contribution is 0.114. The highest BCUT2D eigenvalue weighted by molar-refractivity contribution is 5.82. The maximum atomic E-state index is 5.89. The highest BCUT2D eigenvalue weighted by atomic mass is 16.5. The quantitative estimate of drug-likeness (QED) is 0.773. The Morgan fingerprint density at radius 3 is 2.95 bits per heavy atom. The molecule has 3 heteroatoms. The predicted octanol–water partition coefficient (Wildman–Crippen LogP) is 3.47. The second kappa shape index (κ2) is 5.76. The van der Waals surface area contributed by atoms with Crippen molar-refractivity contribution in [1.82, 2.24) is 5.32 Å². The Labute approximate surface area is 113 Å². The average Bonchev–Trinajstić information content (AvgIpc) is 3.18. The third-order valence-corrected chi connectivity index (χ3v) is 3.73. The molecule has 1 aliphatic carbocycles. The van der Waals surface area contributed by atoms with Gasteiger partial charge in [0.05, 0.1) is 13.2 Å². The molecule has 1 N–H and O–H groups in total. The van der Waals surface area contributed by atoms with Crippen molar-refractivity contribution < 1.29 is 9.15 Å². The largest absolute Gasteiger partial charge is 0.459 e.